The van der Waals surface area contributed by atoms with Crippen LogP contribution < -0.4 is 0 Å². The van der Waals surface area contributed by atoms with Gasteiger partial charge < -0.3 is 14.0 Å². The van der Waals surface area contributed by atoms with Crippen LogP contribution in [-0.4, -0.2) is 31.5 Å². The SMILES string of the molecule is C=CCOCCC(=C(F)B1OC(C)(C)C(C)(C)O1)c1ccccc1C. The Morgan fingerprint density at radius 2 is 1.80 bits per heavy atom. The Balaban J connectivity index is 2.34. The number of rotatable bonds is 7. The predicted octanol–water partition coefficient (Wildman–Crippen LogP) is 4.90. The maximum atomic E-state index is 15.4. The van der Waals surface area contributed by atoms with E-state index in [2.05, 4.69) is 6.58 Å². The highest BCUT2D eigenvalue weighted by Crippen LogP contribution is 2.40. The van der Waals surface area contributed by atoms with E-state index in [-0.39, 0.29) is 5.73 Å². The van der Waals surface area contributed by atoms with Crippen LogP contribution in [0.15, 0.2) is 42.6 Å². The van der Waals surface area contributed by atoms with Crippen LogP contribution in [0.5, 0.6) is 0 Å². The van der Waals surface area contributed by atoms with Gasteiger partial charge in [0.25, 0.3) is 0 Å². The van der Waals surface area contributed by atoms with Crippen molar-refractivity contribution in [3.63, 3.8) is 0 Å². The van der Waals surface area contributed by atoms with Crippen molar-refractivity contribution in [3.8, 4) is 0 Å². The molecule has 1 heterocycles. The third-order valence-electron chi connectivity index (χ3n) is 4.95. The lowest BCUT2D eigenvalue weighted by atomic mass is 9.81. The van der Waals surface area contributed by atoms with Crippen molar-refractivity contribution >= 4 is 12.7 Å². The zero-order valence-corrected chi connectivity index (χ0v) is 15.9. The standard InChI is InChI=1S/C20H28BFO3/c1-7-13-23-14-12-17(16-11-9-8-10-15(16)2)18(22)21-24-19(3,4)20(5,6)25-21/h7-11H,1,12-14H2,2-6H3. The predicted molar refractivity (Wildman–Crippen MR) is 101 cm³/mol. The van der Waals surface area contributed by atoms with Gasteiger partial charge in [-0.15, -0.1) is 6.58 Å². The maximum Gasteiger partial charge on any atom is 0.525 e. The molecule has 5 heteroatoms. The molecule has 0 amide bonds. The minimum atomic E-state index is -1.00. The molecule has 0 N–H and O–H groups in total. The van der Waals surface area contributed by atoms with Crippen LogP contribution in [0.2, 0.25) is 0 Å². The van der Waals surface area contributed by atoms with E-state index in [1.54, 1.807) is 6.08 Å². The van der Waals surface area contributed by atoms with Crippen molar-refractivity contribution in [1.82, 2.24) is 0 Å². The molecule has 1 aromatic carbocycles. The normalized spacial score (nSPS) is 19.7. The zero-order chi connectivity index (χ0) is 18.7. The number of hydrogen-bond donors (Lipinski definition) is 0. The van der Waals surface area contributed by atoms with Gasteiger partial charge in [-0.1, -0.05) is 30.3 Å². The minimum absolute atomic E-state index is 0.379. The lowest BCUT2D eigenvalue weighted by Gasteiger charge is -2.32. The van der Waals surface area contributed by atoms with Gasteiger partial charge in [-0.3, -0.25) is 0 Å². The number of ether oxygens (including phenoxy) is 1. The summed E-state index contributed by atoms with van der Waals surface area (Å²) in [5.41, 5.74) is 0.900. The third-order valence-corrected chi connectivity index (χ3v) is 4.95. The Morgan fingerprint density at radius 1 is 1.20 bits per heavy atom. The Labute approximate surface area is 151 Å². The van der Waals surface area contributed by atoms with Crippen LogP contribution in [0, 0.1) is 6.92 Å². The molecule has 1 aliphatic heterocycles. The molecule has 0 unspecified atom stereocenters. The molecule has 3 nitrogen and oxygen atoms in total. The molecule has 1 aliphatic rings. The van der Waals surface area contributed by atoms with E-state index in [9.17, 15) is 0 Å². The second kappa shape index (κ2) is 7.86. The van der Waals surface area contributed by atoms with Gasteiger partial charge >= 0.3 is 7.12 Å². The largest absolute Gasteiger partial charge is 0.525 e. The van der Waals surface area contributed by atoms with E-state index in [0.717, 1.165) is 11.1 Å². The van der Waals surface area contributed by atoms with Gasteiger partial charge in [0.15, 0.2) is 0 Å². The summed E-state index contributed by atoms with van der Waals surface area (Å²) >= 11 is 0. The summed E-state index contributed by atoms with van der Waals surface area (Å²) in [5.74, 6) is 0. The summed E-state index contributed by atoms with van der Waals surface area (Å²) in [6, 6.07) is 7.74. The monoisotopic (exact) mass is 346 g/mol. The average molecular weight is 346 g/mol. The van der Waals surface area contributed by atoms with Crippen LogP contribution >= 0.6 is 0 Å². The van der Waals surface area contributed by atoms with Gasteiger partial charge in [-0.2, -0.15) is 0 Å². The Bertz CT molecular complexity index is 636. The molecule has 2 rings (SSSR count). The first-order valence-corrected chi connectivity index (χ1v) is 8.68. The van der Waals surface area contributed by atoms with Crippen LogP contribution in [-0.2, 0) is 14.0 Å². The molecule has 1 fully saturated rings. The second-order valence-electron chi connectivity index (χ2n) is 7.34. The molecule has 25 heavy (non-hydrogen) atoms. The number of aryl methyl sites for hydroxylation is 1. The Kier molecular flexibility index (Phi) is 6.25. The van der Waals surface area contributed by atoms with Gasteiger partial charge in [0.1, 0.15) is 5.73 Å². The summed E-state index contributed by atoms with van der Waals surface area (Å²) in [6.45, 7) is 14.1. The minimum Gasteiger partial charge on any atom is -0.398 e. The average Bonchev–Trinajstić information content (AvgIpc) is 2.76. The van der Waals surface area contributed by atoms with E-state index >= 15 is 4.39 Å². The van der Waals surface area contributed by atoms with Crippen molar-refractivity contribution < 1.29 is 18.4 Å². The first-order valence-electron chi connectivity index (χ1n) is 8.68. The number of halogens is 1. The molecule has 1 aromatic rings. The first kappa shape index (κ1) is 19.9. The summed E-state index contributed by atoms with van der Waals surface area (Å²) in [4.78, 5) is 0. The highest BCUT2D eigenvalue weighted by molar-refractivity contribution is 6.55. The first-order chi connectivity index (χ1) is 11.7. The van der Waals surface area contributed by atoms with Crippen molar-refractivity contribution in [2.24, 2.45) is 0 Å². The summed E-state index contributed by atoms with van der Waals surface area (Å²) < 4.78 is 32.6. The van der Waals surface area contributed by atoms with Gasteiger partial charge in [-0.25, -0.2) is 4.39 Å². The van der Waals surface area contributed by atoms with Crippen LogP contribution in [0.3, 0.4) is 0 Å². The molecular weight excluding hydrogens is 318 g/mol. The van der Waals surface area contributed by atoms with Crippen molar-refractivity contribution in [2.45, 2.75) is 52.2 Å². The third kappa shape index (κ3) is 4.41. The van der Waals surface area contributed by atoms with Crippen molar-refractivity contribution in [1.29, 1.82) is 0 Å². The quantitative estimate of drug-likeness (QED) is 0.399. The van der Waals surface area contributed by atoms with Gasteiger partial charge in [0.05, 0.1) is 24.4 Å². The second-order valence-corrected chi connectivity index (χ2v) is 7.34. The molecular formula is C20H28BFO3. The van der Waals surface area contributed by atoms with E-state index in [0.29, 0.717) is 25.2 Å². The summed E-state index contributed by atoms with van der Waals surface area (Å²) in [7, 11) is -1.00. The summed E-state index contributed by atoms with van der Waals surface area (Å²) in [5, 5.41) is 0. The molecule has 0 spiro atoms. The van der Waals surface area contributed by atoms with E-state index in [1.165, 1.54) is 0 Å². The topological polar surface area (TPSA) is 27.7 Å². The fourth-order valence-corrected chi connectivity index (χ4v) is 2.72. The smallest absolute Gasteiger partial charge is 0.398 e. The molecule has 0 aliphatic carbocycles. The molecule has 0 saturated carbocycles. The molecule has 0 aromatic heterocycles. The molecule has 0 radical (unpaired) electrons. The highest BCUT2D eigenvalue weighted by atomic mass is 19.1. The Hall–Kier alpha value is -1.43. The molecule has 136 valence electrons. The van der Waals surface area contributed by atoms with E-state index in [4.69, 9.17) is 14.0 Å². The lowest BCUT2D eigenvalue weighted by molar-refractivity contribution is 0.00578. The fourth-order valence-electron chi connectivity index (χ4n) is 2.72. The maximum absolute atomic E-state index is 15.4. The molecule has 1 saturated heterocycles. The summed E-state index contributed by atoms with van der Waals surface area (Å²) in [6.07, 6.45) is 2.12. The molecule has 0 atom stereocenters. The highest BCUT2D eigenvalue weighted by Gasteiger charge is 2.53. The van der Waals surface area contributed by atoms with Crippen LogP contribution in [0.1, 0.15) is 45.2 Å². The number of benzene rings is 1. The van der Waals surface area contributed by atoms with E-state index in [1.807, 2.05) is 58.9 Å². The van der Waals surface area contributed by atoms with E-state index < -0.39 is 18.3 Å². The molecule has 0 bridgehead atoms. The zero-order valence-electron chi connectivity index (χ0n) is 15.9. The van der Waals surface area contributed by atoms with Gasteiger partial charge in [0.2, 0.25) is 0 Å². The lowest BCUT2D eigenvalue weighted by Crippen LogP contribution is -2.41. The van der Waals surface area contributed by atoms with Crippen molar-refractivity contribution in [3.05, 3.63) is 53.8 Å². The van der Waals surface area contributed by atoms with Gasteiger partial charge in [-0.05, 0) is 57.7 Å². The van der Waals surface area contributed by atoms with Crippen molar-refractivity contribution in [2.75, 3.05) is 13.2 Å². The van der Waals surface area contributed by atoms with Crippen LogP contribution in [0.4, 0.5) is 4.39 Å². The Morgan fingerprint density at radius 3 is 2.36 bits per heavy atom. The van der Waals surface area contributed by atoms with Crippen LogP contribution in [0.25, 0.3) is 5.57 Å². The number of hydrogen-bond acceptors (Lipinski definition) is 3. The fraction of sp³-hybridized carbons (Fsp3) is 0.500. The van der Waals surface area contributed by atoms with Gasteiger partial charge in [0, 0.05) is 0 Å².